The van der Waals surface area contributed by atoms with Crippen molar-refractivity contribution in [3.05, 3.63) is 0 Å². The van der Waals surface area contributed by atoms with Crippen molar-refractivity contribution in [2.24, 2.45) is 0 Å². The molecule has 0 aromatic heterocycles. The first-order chi connectivity index (χ1) is 8.65. The summed E-state index contributed by atoms with van der Waals surface area (Å²) in [4.78, 5) is 30.1. The molecule has 7 heteroatoms. The van der Waals surface area contributed by atoms with Crippen molar-refractivity contribution >= 4 is 12.0 Å². The van der Waals surface area contributed by atoms with E-state index in [1.807, 2.05) is 0 Å². The van der Waals surface area contributed by atoms with E-state index in [1.54, 1.807) is 20.8 Å². The number of carbonyl (C=O) groups excluding carboxylic acids is 2. The van der Waals surface area contributed by atoms with Crippen LogP contribution in [0.1, 0.15) is 27.2 Å². The minimum Gasteiger partial charge on any atom is -0.444 e. The molecule has 1 fully saturated rings. The molecule has 7 nitrogen and oxygen atoms in total. The molecule has 1 heterocycles. The highest BCUT2D eigenvalue weighted by Crippen LogP contribution is 2.22. The summed E-state index contributed by atoms with van der Waals surface area (Å²) in [5.74, 6) is -0.384. The van der Waals surface area contributed by atoms with E-state index in [0.717, 1.165) is 5.06 Å². The number of likely N-dealkylation sites (N-methyl/N-ethyl adjacent to an activating group) is 1. The zero-order valence-electron chi connectivity index (χ0n) is 12.0. The molecule has 0 aliphatic carbocycles. The number of hydrogen-bond donors (Lipinski definition) is 1. The van der Waals surface area contributed by atoms with Gasteiger partial charge in [-0.05, 0) is 20.8 Å². The predicted octanol–water partition coefficient (Wildman–Crippen LogP) is 0.376. The van der Waals surface area contributed by atoms with Crippen LogP contribution in [0.5, 0.6) is 0 Å². The van der Waals surface area contributed by atoms with Crippen LogP contribution >= 0.6 is 0 Å². The molecule has 1 saturated heterocycles. The Morgan fingerprint density at radius 1 is 1.37 bits per heavy atom. The van der Waals surface area contributed by atoms with Crippen LogP contribution < -0.4 is 0 Å². The van der Waals surface area contributed by atoms with Crippen LogP contribution in [0.15, 0.2) is 0 Å². The van der Waals surface area contributed by atoms with Gasteiger partial charge < -0.3 is 9.84 Å². The summed E-state index contributed by atoms with van der Waals surface area (Å²) in [7, 11) is 2.82. The van der Waals surface area contributed by atoms with Crippen LogP contribution in [0.2, 0.25) is 0 Å². The molecular weight excluding hydrogens is 252 g/mol. The van der Waals surface area contributed by atoms with Crippen LogP contribution in [0, 0.1) is 0 Å². The molecule has 1 rings (SSSR count). The van der Waals surface area contributed by atoms with Crippen molar-refractivity contribution in [3.8, 4) is 0 Å². The summed E-state index contributed by atoms with van der Waals surface area (Å²) in [5, 5.41) is 10.7. The quantitative estimate of drug-likeness (QED) is 0.736. The number of hydroxylamine groups is 2. The second-order valence-corrected chi connectivity index (χ2v) is 5.56. The fourth-order valence-electron chi connectivity index (χ4n) is 1.87. The number of nitrogens with zero attached hydrogens (tertiary/aromatic N) is 2. The molecule has 0 spiro atoms. The van der Waals surface area contributed by atoms with Crippen molar-refractivity contribution in [2.75, 3.05) is 20.7 Å². The Hall–Kier alpha value is -1.34. The van der Waals surface area contributed by atoms with E-state index in [-0.39, 0.29) is 18.9 Å². The summed E-state index contributed by atoms with van der Waals surface area (Å²) in [5.41, 5.74) is -0.647. The molecule has 0 saturated carbocycles. The number of hydrogen-bond acceptors (Lipinski definition) is 5. The topological polar surface area (TPSA) is 79.3 Å². The molecule has 0 bridgehead atoms. The number of amides is 2. The maximum Gasteiger partial charge on any atom is 0.411 e. The number of aliphatic hydroxyl groups excluding tert-OH is 1. The summed E-state index contributed by atoms with van der Waals surface area (Å²) >= 11 is 0. The van der Waals surface area contributed by atoms with E-state index in [0.29, 0.717) is 0 Å². The maximum absolute atomic E-state index is 12.0. The fourth-order valence-corrected chi connectivity index (χ4v) is 1.87. The predicted molar refractivity (Wildman–Crippen MR) is 67.1 cm³/mol. The molecule has 0 radical (unpaired) electrons. The number of β-amino-alcohol motifs (C(OH)–C–C–N with tert-alkyl or cyclic N) is 1. The molecule has 1 N–H and O–H groups in total. The van der Waals surface area contributed by atoms with Gasteiger partial charge in [0, 0.05) is 13.5 Å². The SMILES string of the molecule is CON(C)C(=O)[C@H]1C[C@@H](O)CN1C(=O)OC(C)(C)C. The van der Waals surface area contributed by atoms with Gasteiger partial charge in [-0.25, -0.2) is 9.86 Å². The number of carbonyl (C=O) groups is 2. The van der Waals surface area contributed by atoms with Gasteiger partial charge in [-0.1, -0.05) is 0 Å². The van der Waals surface area contributed by atoms with Crippen molar-refractivity contribution in [3.63, 3.8) is 0 Å². The van der Waals surface area contributed by atoms with Crippen LogP contribution in [-0.4, -0.2) is 65.5 Å². The number of likely N-dealkylation sites (tertiary alicyclic amines) is 1. The third kappa shape index (κ3) is 4.07. The van der Waals surface area contributed by atoms with Gasteiger partial charge in [0.25, 0.3) is 5.91 Å². The van der Waals surface area contributed by atoms with Gasteiger partial charge in [-0.3, -0.25) is 14.5 Å². The van der Waals surface area contributed by atoms with Crippen molar-refractivity contribution in [1.82, 2.24) is 9.96 Å². The summed E-state index contributed by atoms with van der Waals surface area (Å²) < 4.78 is 5.23. The highest BCUT2D eigenvalue weighted by atomic mass is 16.7. The number of aliphatic hydroxyl groups is 1. The Balaban J connectivity index is 2.80. The molecule has 1 aliphatic rings. The average molecular weight is 274 g/mol. The van der Waals surface area contributed by atoms with E-state index in [1.165, 1.54) is 19.1 Å². The van der Waals surface area contributed by atoms with Gasteiger partial charge >= 0.3 is 6.09 Å². The molecule has 2 atom stereocenters. The van der Waals surface area contributed by atoms with Crippen molar-refractivity contribution in [1.29, 1.82) is 0 Å². The minimum absolute atomic E-state index is 0.0862. The zero-order chi connectivity index (χ0) is 14.8. The van der Waals surface area contributed by atoms with E-state index >= 15 is 0 Å². The number of rotatable bonds is 2. The molecule has 19 heavy (non-hydrogen) atoms. The molecule has 0 aromatic carbocycles. The van der Waals surface area contributed by atoms with Gasteiger partial charge in [-0.2, -0.15) is 0 Å². The van der Waals surface area contributed by atoms with Gasteiger partial charge in [-0.15, -0.1) is 0 Å². The second-order valence-electron chi connectivity index (χ2n) is 5.56. The molecule has 2 amide bonds. The van der Waals surface area contributed by atoms with Crippen LogP contribution in [0.4, 0.5) is 4.79 Å². The molecular formula is C12H22N2O5. The van der Waals surface area contributed by atoms with Crippen LogP contribution in [-0.2, 0) is 14.4 Å². The Bertz CT molecular complexity index is 353. The van der Waals surface area contributed by atoms with E-state index in [4.69, 9.17) is 9.57 Å². The highest BCUT2D eigenvalue weighted by molar-refractivity contribution is 5.85. The normalized spacial score (nSPS) is 23.4. The third-order valence-electron chi connectivity index (χ3n) is 2.78. The second kappa shape index (κ2) is 5.75. The zero-order valence-corrected chi connectivity index (χ0v) is 12.0. The van der Waals surface area contributed by atoms with Gasteiger partial charge in [0.1, 0.15) is 11.6 Å². The summed E-state index contributed by atoms with van der Waals surface area (Å²) in [6.07, 6.45) is -1.15. The Morgan fingerprint density at radius 2 is 1.95 bits per heavy atom. The Morgan fingerprint density at radius 3 is 2.42 bits per heavy atom. The lowest BCUT2D eigenvalue weighted by Crippen LogP contribution is -2.47. The van der Waals surface area contributed by atoms with Crippen LogP contribution in [0.25, 0.3) is 0 Å². The molecule has 0 unspecified atom stereocenters. The van der Waals surface area contributed by atoms with Gasteiger partial charge in [0.15, 0.2) is 0 Å². The minimum atomic E-state index is -0.755. The lowest BCUT2D eigenvalue weighted by molar-refractivity contribution is -0.173. The van der Waals surface area contributed by atoms with E-state index in [9.17, 15) is 14.7 Å². The summed E-state index contributed by atoms with van der Waals surface area (Å²) in [6.45, 7) is 5.32. The lowest BCUT2D eigenvalue weighted by atomic mass is 10.2. The fraction of sp³-hybridized carbons (Fsp3) is 0.833. The first-order valence-electron chi connectivity index (χ1n) is 6.15. The third-order valence-corrected chi connectivity index (χ3v) is 2.78. The standard InChI is InChI=1S/C12H22N2O5/c1-12(2,3)19-11(17)14-7-8(15)6-9(14)10(16)13(4)18-5/h8-9,15H,6-7H2,1-5H3/t8-,9-/m1/s1. The molecule has 110 valence electrons. The van der Waals surface area contributed by atoms with E-state index < -0.39 is 23.8 Å². The lowest BCUT2D eigenvalue weighted by Gasteiger charge is -2.29. The highest BCUT2D eigenvalue weighted by Gasteiger charge is 2.42. The van der Waals surface area contributed by atoms with Gasteiger partial charge in [0.05, 0.1) is 19.8 Å². The summed E-state index contributed by atoms with van der Waals surface area (Å²) in [6, 6.07) is -0.755. The average Bonchev–Trinajstić information content (AvgIpc) is 2.67. The Kier molecular flexibility index (Phi) is 4.75. The number of ether oxygens (including phenoxy) is 1. The van der Waals surface area contributed by atoms with E-state index in [2.05, 4.69) is 0 Å². The first kappa shape index (κ1) is 15.7. The monoisotopic (exact) mass is 274 g/mol. The Labute approximate surface area is 113 Å². The van der Waals surface area contributed by atoms with Crippen molar-refractivity contribution < 1.29 is 24.3 Å². The smallest absolute Gasteiger partial charge is 0.411 e. The van der Waals surface area contributed by atoms with Crippen LogP contribution in [0.3, 0.4) is 0 Å². The first-order valence-corrected chi connectivity index (χ1v) is 6.15. The molecule has 0 aromatic rings. The maximum atomic E-state index is 12.0. The van der Waals surface area contributed by atoms with Gasteiger partial charge in [0.2, 0.25) is 0 Å². The largest absolute Gasteiger partial charge is 0.444 e. The van der Waals surface area contributed by atoms with Crippen molar-refractivity contribution in [2.45, 2.75) is 44.9 Å². The molecule has 1 aliphatic heterocycles.